The Balaban J connectivity index is 2.92. The maximum Gasteiger partial charge on any atom is 0.322 e. The average molecular weight is 278 g/mol. The zero-order chi connectivity index (χ0) is 11.9. The lowest BCUT2D eigenvalue weighted by molar-refractivity contribution is -0.262. The van der Waals surface area contributed by atoms with E-state index in [0.717, 1.165) is 12.8 Å². The van der Waals surface area contributed by atoms with Crippen LogP contribution in [0.15, 0.2) is 0 Å². The van der Waals surface area contributed by atoms with Gasteiger partial charge in [-0.15, -0.1) is 5.06 Å². The molecule has 1 saturated heterocycles. The molecule has 15 heavy (non-hydrogen) atoms. The van der Waals surface area contributed by atoms with Crippen LogP contribution in [0.5, 0.6) is 0 Å². The van der Waals surface area contributed by atoms with Crippen LogP contribution in [0.25, 0.3) is 0 Å². The lowest BCUT2D eigenvalue weighted by atomic mass is 9.82. The summed E-state index contributed by atoms with van der Waals surface area (Å²) in [6.07, 6.45) is 1.95. The number of nitrogens with zero attached hydrogens (tertiary/aromatic N) is 1. The maximum atomic E-state index is 11.1. The Kier molecular flexibility index (Phi) is 3.51. The van der Waals surface area contributed by atoms with Crippen LogP contribution in [0.2, 0.25) is 0 Å². The number of alkyl halides is 1. The van der Waals surface area contributed by atoms with Gasteiger partial charge < -0.3 is 4.84 Å². The van der Waals surface area contributed by atoms with E-state index in [0.29, 0.717) is 4.83 Å². The van der Waals surface area contributed by atoms with Gasteiger partial charge in [0, 0.05) is 11.8 Å². The normalized spacial score (nSPS) is 26.3. The molecular formula is C11H20BrNO2. The van der Waals surface area contributed by atoms with Crippen molar-refractivity contribution in [2.75, 3.05) is 0 Å². The molecule has 0 aromatic carbocycles. The molecule has 0 spiro atoms. The fraction of sp³-hybridized carbons (Fsp3) is 0.909. The first-order chi connectivity index (χ1) is 6.65. The Bertz CT molecular complexity index is 245. The Morgan fingerprint density at radius 3 is 2.00 bits per heavy atom. The van der Waals surface area contributed by atoms with E-state index >= 15 is 0 Å². The lowest BCUT2D eigenvalue weighted by Gasteiger charge is -2.51. The second-order valence-electron chi connectivity index (χ2n) is 5.51. The topological polar surface area (TPSA) is 29.5 Å². The third-order valence-electron chi connectivity index (χ3n) is 2.76. The second-order valence-corrected chi connectivity index (χ2v) is 6.80. The van der Waals surface area contributed by atoms with Crippen LogP contribution in [0.4, 0.5) is 0 Å². The van der Waals surface area contributed by atoms with E-state index in [-0.39, 0.29) is 17.0 Å². The van der Waals surface area contributed by atoms with Gasteiger partial charge >= 0.3 is 5.97 Å². The van der Waals surface area contributed by atoms with Crippen LogP contribution >= 0.6 is 15.9 Å². The quantitative estimate of drug-likeness (QED) is 0.691. The minimum atomic E-state index is -0.246. The Labute approximate surface area is 100 Å². The van der Waals surface area contributed by atoms with Crippen molar-refractivity contribution in [3.63, 3.8) is 0 Å². The van der Waals surface area contributed by atoms with Gasteiger partial charge in [-0.2, -0.15) is 0 Å². The number of hydrogen-bond acceptors (Lipinski definition) is 3. The first kappa shape index (κ1) is 13.0. The molecule has 0 atom stereocenters. The number of piperidine rings is 1. The summed E-state index contributed by atoms with van der Waals surface area (Å²) in [5, 5.41) is 1.85. The van der Waals surface area contributed by atoms with E-state index in [1.165, 1.54) is 6.92 Å². The van der Waals surface area contributed by atoms with E-state index in [4.69, 9.17) is 4.84 Å². The molecule has 3 nitrogen and oxygen atoms in total. The molecule has 1 heterocycles. The number of hydroxylamine groups is 2. The molecule has 88 valence electrons. The highest BCUT2D eigenvalue weighted by Gasteiger charge is 2.47. The summed E-state index contributed by atoms with van der Waals surface area (Å²) < 4.78 is 0. The van der Waals surface area contributed by atoms with Crippen LogP contribution in [0.1, 0.15) is 47.5 Å². The largest absolute Gasteiger partial charge is 0.367 e. The van der Waals surface area contributed by atoms with Crippen LogP contribution in [0.3, 0.4) is 0 Å². The van der Waals surface area contributed by atoms with Gasteiger partial charge in [-0.1, -0.05) is 15.9 Å². The number of rotatable bonds is 1. The highest BCUT2D eigenvalue weighted by molar-refractivity contribution is 9.09. The summed E-state index contributed by atoms with van der Waals surface area (Å²) in [4.78, 5) is 16.9. The fourth-order valence-corrected chi connectivity index (χ4v) is 4.10. The van der Waals surface area contributed by atoms with E-state index in [9.17, 15) is 4.79 Å². The van der Waals surface area contributed by atoms with E-state index < -0.39 is 0 Å². The standard InChI is InChI=1S/C11H20BrNO2/c1-8(14)15-13-10(2,3)6-9(12)7-11(13,4)5/h9H,6-7H2,1-5H3. The molecule has 1 fully saturated rings. The summed E-state index contributed by atoms with van der Waals surface area (Å²) in [6, 6.07) is 0. The van der Waals surface area contributed by atoms with Crippen molar-refractivity contribution in [1.29, 1.82) is 0 Å². The fourth-order valence-electron chi connectivity index (χ4n) is 2.52. The summed E-state index contributed by atoms with van der Waals surface area (Å²) >= 11 is 3.67. The van der Waals surface area contributed by atoms with Crippen molar-refractivity contribution in [3.05, 3.63) is 0 Å². The first-order valence-electron chi connectivity index (χ1n) is 5.28. The van der Waals surface area contributed by atoms with E-state index in [1.54, 1.807) is 0 Å². The third-order valence-corrected chi connectivity index (χ3v) is 3.41. The molecule has 0 unspecified atom stereocenters. The molecule has 1 rings (SSSR count). The van der Waals surface area contributed by atoms with Gasteiger partial charge in [-0.05, 0) is 40.5 Å². The van der Waals surface area contributed by atoms with Gasteiger partial charge in [0.25, 0.3) is 0 Å². The van der Waals surface area contributed by atoms with Crippen LogP contribution in [-0.2, 0) is 9.63 Å². The smallest absolute Gasteiger partial charge is 0.322 e. The molecule has 0 aromatic rings. The number of halogens is 1. The average Bonchev–Trinajstić information content (AvgIpc) is 1.94. The molecular weight excluding hydrogens is 258 g/mol. The maximum absolute atomic E-state index is 11.1. The van der Waals surface area contributed by atoms with Gasteiger partial charge in [-0.25, -0.2) is 0 Å². The van der Waals surface area contributed by atoms with Crippen molar-refractivity contribution in [2.24, 2.45) is 0 Å². The molecule has 0 N–H and O–H groups in total. The molecule has 1 aliphatic rings. The minimum absolute atomic E-state index is 0.123. The van der Waals surface area contributed by atoms with Crippen molar-refractivity contribution >= 4 is 21.9 Å². The highest BCUT2D eigenvalue weighted by atomic mass is 79.9. The van der Waals surface area contributed by atoms with Crippen LogP contribution in [-0.4, -0.2) is 26.9 Å². The number of carbonyl (C=O) groups excluding carboxylic acids is 1. The Morgan fingerprint density at radius 2 is 1.67 bits per heavy atom. The third kappa shape index (κ3) is 2.94. The lowest BCUT2D eigenvalue weighted by Crippen LogP contribution is -2.61. The number of carbonyl (C=O) groups is 1. The second kappa shape index (κ2) is 4.06. The molecule has 0 radical (unpaired) electrons. The molecule has 0 bridgehead atoms. The van der Waals surface area contributed by atoms with Gasteiger partial charge in [-0.3, -0.25) is 4.79 Å². The monoisotopic (exact) mass is 277 g/mol. The van der Waals surface area contributed by atoms with Gasteiger partial charge in [0.15, 0.2) is 0 Å². The summed E-state index contributed by atoms with van der Waals surface area (Å²) in [6.45, 7) is 9.86. The van der Waals surface area contributed by atoms with Crippen molar-refractivity contribution < 1.29 is 9.63 Å². The SMILES string of the molecule is CC(=O)ON1C(C)(C)CC(Br)CC1(C)C. The van der Waals surface area contributed by atoms with Gasteiger partial charge in [0.2, 0.25) is 0 Å². The van der Waals surface area contributed by atoms with Crippen molar-refractivity contribution in [3.8, 4) is 0 Å². The van der Waals surface area contributed by atoms with Crippen LogP contribution < -0.4 is 0 Å². The zero-order valence-electron chi connectivity index (χ0n) is 10.1. The highest BCUT2D eigenvalue weighted by Crippen LogP contribution is 2.41. The van der Waals surface area contributed by atoms with Crippen molar-refractivity contribution in [1.82, 2.24) is 5.06 Å². The zero-order valence-corrected chi connectivity index (χ0v) is 11.7. The van der Waals surface area contributed by atoms with E-state index in [1.807, 2.05) is 5.06 Å². The molecule has 1 aliphatic heterocycles. The summed E-state index contributed by atoms with van der Waals surface area (Å²) in [5.74, 6) is -0.246. The first-order valence-corrected chi connectivity index (χ1v) is 6.20. The van der Waals surface area contributed by atoms with Crippen molar-refractivity contribution in [2.45, 2.75) is 63.4 Å². The molecule has 0 aliphatic carbocycles. The van der Waals surface area contributed by atoms with Gasteiger partial charge in [0.1, 0.15) is 0 Å². The molecule has 0 saturated carbocycles. The van der Waals surface area contributed by atoms with E-state index in [2.05, 4.69) is 43.6 Å². The predicted molar refractivity (Wildman–Crippen MR) is 63.7 cm³/mol. The Hall–Kier alpha value is -0.0900. The Morgan fingerprint density at radius 1 is 1.27 bits per heavy atom. The molecule has 4 heteroatoms. The van der Waals surface area contributed by atoms with Crippen LogP contribution in [0, 0.1) is 0 Å². The molecule has 0 amide bonds. The predicted octanol–water partition coefficient (Wildman–Crippen LogP) is 2.88. The van der Waals surface area contributed by atoms with Gasteiger partial charge in [0.05, 0.1) is 11.1 Å². The summed E-state index contributed by atoms with van der Waals surface area (Å²) in [5.41, 5.74) is -0.247. The molecule has 0 aromatic heterocycles. The number of hydrogen-bond donors (Lipinski definition) is 0. The minimum Gasteiger partial charge on any atom is -0.367 e. The summed E-state index contributed by atoms with van der Waals surface area (Å²) in [7, 11) is 0.